The number of benzene rings is 2. The van der Waals surface area contributed by atoms with Crippen molar-refractivity contribution in [2.24, 2.45) is 0 Å². The zero-order chi connectivity index (χ0) is 21.9. The maximum Gasteiger partial charge on any atom is 0.416 e. The van der Waals surface area contributed by atoms with Crippen LogP contribution in [0.5, 0.6) is 11.5 Å². The normalized spacial score (nSPS) is 11.1. The van der Waals surface area contributed by atoms with Gasteiger partial charge in [0, 0.05) is 12.1 Å². The predicted octanol–water partition coefficient (Wildman–Crippen LogP) is 4.01. The molecule has 0 fully saturated rings. The highest BCUT2D eigenvalue weighted by atomic mass is 35.5. The van der Waals surface area contributed by atoms with Crippen LogP contribution in [-0.4, -0.2) is 28.5 Å². The summed E-state index contributed by atoms with van der Waals surface area (Å²) in [5.74, 6) is -5.17. The lowest BCUT2D eigenvalue weighted by molar-refractivity contribution is -0.385. The first-order valence-corrected chi connectivity index (χ1v) is 7.80. The van der Waals surface area contributed by atoms with E-state index in [4.69, 9.17) is 21.4 Å². The van der Waals surface area contributed by atoms with Gasteiger partial charge in [-0.05, 0) is 18.2 Å². The van der Waals surface area contributed by atoms with Crippen LogP contribution in [0.3, 0.4) is 0 Å². The first-order chi connectivity index (χ1) is 13.4. The molecule has 0 aliphatic heterocycles. The number of nitrogens with zero attached hydrogens (tertiary/aromatic N) is 1. The van der Waals surface area contributed by atoms with Crippen molar-refractivity contribution < 1.29 is 41.9 Å². The third-order valence-corrected chi connectivity index (χ3v) is 3.64. The van der Waals surface area contributed by atoms with Gasteiger partial charge in [0.15, 0.2) is 11.6 Å². The van der Waals surface area contributed by atoms with Crippen molar-refractivity contribution in [2.75, 3.05) is 6.54 Å². The van der Waals surface area contributed by atoms with Gasteiger partial charge in [0.05, 0.1) is 15.5 Å². The third-order valence-electron chi connectivity index (χ3n) is 3.36. The minimum absolute atomic E-state index is 0.146. The number of ether oxygens (including phenoxy) is 1. The number of carboxylic acid groups (broad SMARTS) is 1. The van der Waals surface area contributed by atoms with Crippen molar-refractivity contribution >= 4 is 29.2 Å². The van der Waals surface area contributed by atoms with Gasteiger partial charge in [-0.2, -0.15) is 13.2 Å². The van der Waals surface area contributed by atoms with E-state index in [0.29, 0.717) is 6.07 Å². The van der Waals surface area contributed by atoms with Crippen LogP contribution >= 0.6 is 11.6 Å². The summed E-state index contributed by atoms with van der Waals surface area (Å²) in [6.07, 6.45) is -4.86. The summed E-state index contributed by atoms with van der Waals surface area (Å²) in [5, 5.41) is 20.8. The van der Waals surface area contributed by atoms with Crippen molar-refractivity contribution in [3.05, 3.63) is 62.4 Å². The number of carboxylic acids is 1. The number of amides is 1. The molecular formula is C16H9ClF4N2O6. The topological polar surface area (TPSA) is 119 Å². The van der Waals surface area contributed by atoms with E-state index in [0.717, 1.165) is 18.2 Å². The summed E-state index contributed by atoms with van der Waals surface area (Å²) in [6, 6.07) is 3.14. The molecule has 8 nitrogen and oxygen atoms in total. The highest BCUT2D eigenvalue weighted by Crippen LogP contribution is 2.39. The molecule has 2 N–H and O–H groups in total. The zero-order valence-corrected chi connectivity index (χ0v) is 14.7. The molecule has 2 rings (SSSR count). The highest BCUT2D eigenvalue weighted by Gasteiger charge is 2.33. The average molecular weight is 437 g/mol. The van der Waals surface area contributed by atoms with E-state index in [9.17, 15) is 37.3 Å². The summed E-state index contributed by atoms with van der Waals surface area (Å²) < 4.78 is 57.2. The zero-order valence-electron chi connectivity index (χ0n) is 13.9. The molecule has 0 saturated heterocycles. The molecule has 13 heteroatoms. The second-order valence-electron chi connectivity index (χ2n) is 5.38. The number of carbonyl (C=O) groups is 2. The van der Waals surface area contributed by atoms with Gasteiger partial charge in [-0.15, -0.1) is 0 Å². The Kier molecular flexibility index (Phi) is 6.27. The summed E-state index contributed by atoms with van der Waals surface area (Å²) >= 11 is 5.64. The fraction of sp³-hybridized carbons (Fsp3) is 0.125. The number of nitro groups is 1. The fourth-order valence-electron chi connectivity index (χ4n) is 2.11. The Balaban J connectivity index is 2.42. The number of nitro benzene ring substituents is 1. The molecule has 0 atom stereocenters. The number of carbonyl (C=O) groups excluding carboxylic acids is 1. The second-order valence-corrected chi connectivity index (χ2v) is 5.79. The van der Waals surface area contributed by atoms with Gasteiger partial charge >= 0.3 is 12.1 Å². The number of alkyl halides is 3. The van der Waals surface area contributed by atoms with Crippen LogP contribution < -0.4 is 10.1 Å². The maximum absolute atomic E-state index is 14.0. The van der Waals surface area contributed by atoms with E-state index in [2.05, 4.69) is 0 Å². The van der Waals surface area contributed by atoms with Gasteiger partial charge in [-0.25, -0.2) is 4.39 Å². The number of aliphatic carboxylic acids is 1. The number of rotatable bonds is 6. The molecule has 2 aromatic rings. The van der Waals surface area contributed by atoms with Crippen LogP contribution in [-0.2, 0) is 11.0 Å². The molecule has 29 heavy (non-hydrogen) atoms. The summed E-state index contributed by atoms with van der Waals surface area (Å²) in [5.41, 5.74) is -2.68. The molecule has 0 bridgehead atoms. The summed E-state index contributed by atoms with van der Waals surface area (Å²) in [7, 11) is 0. The molecular weight excluding hydrogens is 428 g/mol. The van der Waals surface area contributed by atoms with Crippen LogP contribution in [0, 0.1) is 15.9 Å². The molecule has 0 spiro atoms. The molecule has 0 radical (unpaired) electrons. The van der Waals surface area contributed by atoms with Gasteiger partial charge in [0.1, 0.15) is 17.9 Å². The average Bonchev–Trinajstić information content (AvgIpc) is 2.61. The molecule has 0 heterocycles. The van der Waals surface area contributed by atoms with Crippen LogP contribution in [0.25, 0.3) is 0 Å². The summed E-state index contributed by atoms with van der Waals surface area (Å²) in [4.78, 5) is 32.7. The quantitative estimate of drug-likeness (QED) is 0.401. The van der Waals surface area contributed by atoms with E-state index < -0.39 is 62.9 Å². The minimum Gasteiger partial charge on any atom is -0.480 e. The third kappa shape index (κ3) is 5.31. The highest BCUT2D eigenvalue weighted by molar-refractivity contribution is 6.32. The van der Waals surface area contributed by atoms with E-state index in [-0.39, 0.29) is 11.8 Å². The molecule has 1 amide bonds. The van der Waals surface area contributed by atoms with E-state index in [1.54, 1.807) is 0 Å². The number of hydrogen-bond acceptors (Lipinski definition) is 5. The molecule has 0 unspecified atom stereocenters. The lowest BCUT2D eigenvalue weighted by Crippen LogP contribution is -2.29. The Morgan fingerprint density at radius 2 is 1.90 bits per heavy atom. The van der Waals surface area contributed by atoms with Gasteiger partial charge < -0.3 is 15.2 Å². The molecule has 0 aromatic heterocycles. The van der Waals surface area contributed by atoms with E-state index in [1.807, 2.05) is 5.32 Å². The number of halogens is 5. The first kappa shape index (κ1) is 21.9. The predicted molar refractivity (Wildman–Crippen MR) is 89.6 cm³/mol. The smallest absolute Gasteiger partial charge is 0.416 e. The lowest BCUT2D eigenvalue weighted by atomic mass is 10.1. The maximum atomic E-state index is 14.0. The van der Waals surface area contributed by atoms with Crippen LogP contribution in [0.4, 0.5) is 23.2 Å². The second kappa shape index (κ2) is 8.31. The summed E-state index contributed by atoms with van der Waals surface area (Å²) in [6.45, 7) is -0.833. The van der Waals surface area contributed by atoms with E-state index >= 15 is 0 Å². The Morgan fingerprint density at radius 3 is 2.41 bits per heavy atom. The van der Waals surface area contributed by atoms with Gasteiger partial charge in [-0.1, -0.05) is 11.6 Å². The fourth-order valence-corrected chi connectivity index (χ4v) is 2.36. The van der Waals surface area contributed by atoms with Gasteiger partial charge in [-0.3, -0.25) is 19.7 Å². The Morgan fingerprint density at radius 1 is 1.24 bits per heavy atom. The minimum atomic E-state index is -4.86. The monoisotopic (exact) mass is 436 g/mol. The van der Waals surface area contributed by atoms with E-state index in [1.165, 1.54) is 0 Å². The largest absolute Gasteiger partial charge is 0.480 e. The van der Waals surface area contributed by atoms with Gasteiger partial charge in [0.25, 0.3) is 11.6 Å². The standard InChI is InChI=1S/C16H9ClF4N2O6/c17-10-3-7(16(19,20)21)4-11(18)14(10)29-8-1-2-12(23(27)28)9(5-8)15(26)22-6-13(24)25/h1-5H,6H2,(H,22,26)(H,24,25). The first-order valence-electron chi connectivity index (χ1n) is 7.42. The molecule has 0 aliphatic rings. The number of nitrogens with one attached hydrogen (secondary N) is 1. The van der Waals surface area contributed by atoms with Crippen LogP contribution in [0.15, 0.2) is 30.3 Å². The Hall–Kier alpha value is -3.41. The van der Waals surface area contributed by atoms with Crippen molar-refractivity contribution in [2.45, 2.75) is 6.18 Å². The van der Waals surface area contributed by atoms with Crippen molar-refractivity contribution in [3.63, 3.8) is 0 Å². The van der Waals surface area contributed by atoms with Crippen molar-refractivity contribution in [1.29, 1.82) is 0 Å². The molecule has 2 aromatic carbocycles. The van der Waals surface area contributed by atoms with Crippen molar-refractivity contribution in [1.82, 2.24) is 5.32 Å². The SMILES string of the molecule is O=C(O)CNC(=O)c1cc(Oc2c(F)cc(C(F)(F)F)cc2Cl)ccc1[N+](=O)[O-]. The molecule has 0 aliphatic carbocycles. The van der Waals surface area contributed by atoms with Crippen molar-refractivity contribution in [3.8, 4) is 11.5 Å². The Bertz CT molecular complexity index is 973. The lowest BCUT2D eigenvalue weighted by Gasteiger charge is -2.13. The molecule has 154 valence electrons. The van der Waals surface area contributed by atoms with Crippen LogP contribution in [0.1, 0.15) is 15.9 Å². The number of hydrogen-bond donors (Lipinski definition) is 2. The van der Waals surface area contributed by atoms with Gasteiger partial charge in [0.2, 0.25) is 0 Å². The van der Waals surface area contributed by atoms with Crippen LogP contribution in [0.2, 0.25) is 5.02 Å². The Labute approximate surface area is 163 Å². The molecule has 0 saturated carbocycles.